The average molecular weight is 233 g/mol. The Kier molecular flexibility index (Phi) is 5.75. The van der Waals surface area contributed by atoms with Crippen molar-refractivity contribution in [3.05, 3.63) is 12.7 Å². The number of sulfone groups is 1. The van der Waals surface area contributed by atoms with Gasteiger partial charge in [-0.15, -0.1) is 6.58 Å². The second kappa shape index (κ2) is 6.02. The third-order valence-corrected chi connectivity index (χ3v) is 4.40. The minimum Gasteiger partial charge on any atom is -0.321 e. The molecule has 2 N–H and O–H groups in total. The van der Waals surface area contributed by atoms with Gasteiger partial charge in [-0.1, -0.05) is 6.08 Å². The van der Waals surface area contributed by atoms with E-state index in [2.05, 4.69) is 6.58 Å². The topological polar surface area (TPSA) is 77.2 Å². The van der Waals surface area contributed by atoms with E-state index in [0.717, 1.165) is 0 Å². The molecule has 0 saturated heterocycles. The van der Waals surface area contributed by atoms with Crippen LogP contribution < -0.4 is 5.73 Å². The molecular formula is C10H19NO3S. The summed E-state index contributed by atoms with van der Waals surface area (Å²) >= 11 is 0. The molecule has 0 aromatic rings. The Morgan fingerprint density at radius 1 is 1.47 bits per heavy atom. The van der Waals surface area contributed by atoms with Gasteiger partial charge in [0.25, 0.3) is 0 Å². The fraction of sp³-hybridized carbons (Fsp3) is 0.700. The van der Waals surface area contributed by atoms with Crippen molar-refractivity contribution in [1.29, 1.82) is 0 Å². The zero-order chi connectivity index (χ0) is 12.1. The molecule has 1 unspecified atom stereocenters. The van der Waals surface area contributed by atoms with Crippen molar-refractivity contribution >= 4 is 15.6 Å². The Hall–Kier alpha value is -0.680. The van der Waals surface area contributed by atoms with Crippen LogP contribution in [-0.2, 0) is 14.6 Å². The van der Waals surface area contributed by atoms with Crippen LogP contribution in [0.1, 0.15) is 26.7 Å². The van der Waals surface area contributed by atoms with Gasteiger partial charge >= 0.3 is 0 Å². The van der Waals surface area contributed by atoms with E-state index in [9.17, 15) is 13.2 Å². The number of Topliss-reactive ketones (excluding diaryl/α,β-unsaturated/α-hetero) is 1. The molecule has 0 fully saturated rings. The predicted molar refractivity (Wildman–Crippen MR) is 61.3 cm³/mol. The van der Waals surface area contributed by atoms with Crippen molar-refractivity contribution in [2.75, 3.05) is 5.75 Å². The highest BCUT2D eigenvalue weighted by molar-refractivity contribution is 7.91. The van der Waals surface area contributed by atoms with Crippen molar-refractivity contribution in [1.82, 2.24) is 0 Å². The molecule has 1 atom stereocenters. The van der Waals surface area contributed by atoms with Crippen molar-refractivity contribution < 1.29 is 13.2 Å². The molecule has 15 heavy (non-hydrogen) atoms. The van der Waals surface area contributed by atoms with Gasteiger partial charge in [-0.25, -0.2) is 8.42 Å². The molecule has 0 spiro atoms. The van der Waals surface area contributed by atoms with Crippen molar-refractivity contribution in [3.8, 4) is 0 Å². The Balaban J connectivity index is 4.17. The van der Waals surface area contributed by atoms with Gasteiger partial charge in [0.15, 0.2) is 15.6 Å². The zero-order valence-corrected chi connectivity index (χ0v) is 10.1. The first kappa shape index (κ1) is 14.3. The molecule has 0 amide bonds. The van der Waals surface area contributed by atoms with Crippen LogP contribution in [0.3, 0.4) is 0 Å². The first-order valence-electron chi connectivity index (χ1n) is 4.92. The lowest BCUT2D eigenvalue weighted by atomic mass is 10.1. The number of nitrogens with two attached hydrogens (primary N) is 1. The van der Waals surface area contributed by atoms with Crippen LogP contribution in [0.4, 0.5) is 0 Å². The maximum Gasteiger partial charge on any atom is 0.153 e. The molecule has 88 valence electrons. The molecule has 0 radical (unpaired) electrons. The van der Waals surface area contributed by atoms with Gasteiger partial charge in [-0.05, 0) is 20.3 Å². The molecule has 0 aromatic heterocycles. The number of hydrogen-bond donors (Lipinski definition) is 1. The Morgan fingerprint density at radius 3 is 2.40 bits per heavy atom. The molecule has 0 aliphatic heterocycles. The van der Waals surface area contributed by atoms with Crippen LogP contribution in [-0.4, -0.2) is 31.2 Å². The molecule has 0 aromatic carbocycles. The van der Waals surface area contributed by atoms with Crippen LogP contribution in [0.25, 0.3) is 0 Å². The standard InChI is InChI=1S/C10H19NO3S/c1-4-5-9(11)10(12)6-7-15(13,14)8(2)3/h4,8-9H,1,5-7,11H2,2-3H3. The molecule has 0 rings (SSSR count). The largest absolute Gasteiger partial charge is 0.321 e. The molecule has 5 heteroatoms. The molecule has 0 heterocycles. The van der Waals surface area contributed by atoms with Gasteiger partial charge in [0.1, 0.15) is 0 Å². The number of carbonyl (C=O) groups excluding carboxylic acids is 1. The second-order valence-electron chi connectivity index (χ2n) is 3.76. The Morgan fingerprint density at radius 2 is 2.00 bits per heavy atom. The maximum absolute atomic E-state index is 11.4. The molecular weight excluding hydrogens is 214 g/mol. The summed E-state index contributed by atoms with van der Waals surface area (Å²) in [7, 11) is -3.14. The smallest absolute Gasteiger partial charge is 0.153 e. The molecule has 0 saturated carbocycles. The number of hydrogen-bond acceptors (Lipinski definition) is 4. The van der Waals surface area contributed by atoms with Gasteiger partial charge in [0, 0.05) is 6.42 Å². The van der Waals surface area contributed by atoms with Crippen molar-refractivity contribution in [2.45, 2.75) is 38.0 Å². The van der Waals surface area contributed by atoms with Crippen LogP contribution >= 0.6 is 0 Å². The van der Waals surface area contributed by atoms with E-state index in [1.165, 1.54) is 0 Å². The van der Waals surface area contributed by atoms with Gasteiger partial charge < -0.3 is 5.73 Å². The van der Waals surface area contributed by atoms with Crippen LogP contribution in [0.2, 0.25) is 0 Å². The van der Waals surface area contributed by atoms with Crippen molar-refractivity contribution in [3.63, 3.8) is 0 Å². The number of carbonyl (C=O) groups is 1. The maximum atomic E-state index is 11.4. The molecule has 0 aliphatic rings. The van der Waals surface area contributed by atoms with E-state index >= 15 is 0 Å². The third-order valence-electron chi connectivity index (χ3n) is 2.19. The van der Waals surface area contributed by atoms with E-state index in [1.54, 1.807) is 19.9 Å². The molecule has 0 aliphatic carbocycles. The summed E-state index contributed by atoms with van der Waals surface area (Å²) in [6, 6.07) is -0.620. The van der Waals surface area contributed by atoms with Gasteiger partial charge in [-0.3, -0.25) is 4.79 Å². The second-order valence-corrected chi connectivity index (χ2v) is 6.44. The summed E-state index contributed by atoms with van der Waals surface area (Å²) in [6.45, 7) is 6.67. The fourth-order valence-electron chi connectivity index (χ4n) is 0.975. The lowest BCUT2D eigenvalue weighted by molar-refractivity contribution is -0.119. The summed E-state index contributed by atoms with van der Waals surface area (Å²) in [4.78, 5) is 11.4. The highest BCUT2D eigenvalue weighted by Gasteiger charge is 2.19. The fourth-order valence-corrected chi connectivity index (χ4v) is 1.93. The molecule has 4 nitrogen and oxygen atoms in total. The van der Waals surface area contributed by atoms with E-state index in [-0.39, 0.29) is 18.0 Å². The van der Waals surface area contributed by atoms with E-state index in [0.29, 0.717) is 6.42 Å². The zero-order valence-electron chi connectivity index (χ0n) is 9.27. The highest BCUT2D eigenvalue weighted by Crippen LogP contribution is 2.04. The van der Waals surface area contributed by atoms with Crippen molar-refractivity contribution in [2.24, 2.45) is 5.73 Å². The number of rotatable bonds is 7. The third kappa shape index (κ3) is 5.09. The summed E-state index contributed by atoms with van der Waals surface area (Å²) in [5.41, 5.74) is 5.52. The summed E-state index contributed by atoms with van der Waals surface area (Å²) < 4.78 is 22.8. The summed E-state index contributed by atoms with van der Waals surface area (Å²) in [6.07, 6.45) is 1.94. The first-order valence-corrected chi connectivity index (χ1v) is 6.63. The van der Waals surface area contributed by atoms with E-state index < -0.39 is 21.1 Å². The van der Waals surface area contributed by atoms with Crippen LogP contribution in [0, 0.1) is 0 Å². The summed E-state index contributed by atoms with van der Waals surface area (Å²) in [5, 5.41) is -0.444. The lowest BCUT2D eigenvalue weighted by Crippen LogP contribution is -2.32. The van der Waals surface area contributed by atoms with Gasteiger partial charge in [-0.2, -0.15) is 0 Å². The van der Waals surface area contributed by atoms with Crippen LogP contribution in [0.15, 0.2) is 12.7 Å². The van der Waals surface area contributed by atoms with Gasteiger partial charge in [0.05, 0.1) is 17.0 Å². The average Bonchev–Trinajstić information content (AvgIpc) is 2.14. The van der Waals surface area contributed by atoms with Gasteiger partial charge in [0.2, 0.25) is 0 Å². The van der Waals surface area contributed by atoms with E-state index in [1.807, 2.05) is 0 Å². The predicted octanol–water partition coefficient (Wildman–Crippen LogP) is 0.672. The first-order chi connectivity index (χ1) is 6.81. The molecule has 0 bridgehead atoms. The lowest BCUT2D eigenvalue weighted by Gasteiger charge is -2.09. The SMILES string of the molecule is C=CCC(N)C(=O)CCS(=O)(=O)C(C)C. The summed E-state index contributed by atoms with van der Waals surface area (Å²) in [5.74, 6) is -0.340. The minimum absolute atomic E-state index is 0.00444. The quantitative estimate of drug-likeness (QED) is 0.656. The number of ketones is 1. The van der Waals surface area contributed by atoms with E-state index in [4.69, 9.17) is 5.73 Å². The Bertz CT molecular complexity index is 320. The normalized spacial score (nSPS) is 13.9. The highest BCUT2D eigenvalue weighted by atomic mass is 32.2. The van der Waals surface area contributed by atoms with Crippen LogP contribution in [0.5, 0.6) is 0 Å². The monoisotopic (exact) mass is 233 g/mol. The minimum atomic E-state index is -3.14. The Labute approximate surface area is 91.5 Å².